The number of aryl methyl sites for hydroxylation is 1. The molecule has 2 heterocycles. The van der Waals surface area contributed by atoms with Gasteiger partial charge in [0.1, 0.15) is 6.10 Å². The van der Waals surface area contributed by atoms with Gasteiger partial charge < -0.3 is 14.2 Å². The molecule has 0 N–H and O–H groups in total. The Morgan fingerprint density at radius 3 is 2.87 bits per heavy atom. The minimum Gasteiger partial charge on any atom is -0.370 e. The van der Waals surface area contributed by atoms with Gasteiger partial charge >= 0.3 is 0 Å². The molecule has 0 saturated carbocycles. The molecule has 1 aromatic carbocycles. The molecule has 0 unspecified atom stereocenters. The summed E-state index contributed by atoms with van der Waals surface area (Å²) in [5.41, 5.74) is 1.66. The first-order chi connectivity index (χ1) is 11.1. The maximum Gasteiger partial charge on any atom is 0.292 e. The lowest BCUT2D eigenvalue weighted by Gasteiger charge is -2.32. The van der Waals surface area contributed by atoms with Gasteiger partial charge in [-0.3, -0.25) is 4.79 Å². The predicted octanol–water partition coefficient (Wildman–Crippen LogP) is 3.76. The van der Waals surface area contributed by atoms with E-state index in [9.17, 15) is 4.79 Å². The Labute approximate surface area is 144 Å². The normalized spacial score (nSPS) is 18.2. The van der Waals surface area contributed by atoms with E-state index in [1.807, 2.05) is 13.0 Å². The number of amides is 1. The zero-order valence-electron chi connectivity index (χ0n) is 12.6. The average Bonchev–Trinajstić information content (AvgIpc) is 3.06. The molecule has 0 bridgehead atoms. The molecule has 23 heavy (non-hydrogen) atoms. The van der Waals surface area contributed by atoms with Crippen LogP contribution in [0.1, 0.15) is 34.8 Å². The first kappa shape index (κ1) is 16.3. The minimum atomic E-state index is -0.240. The molecule has 1 atom stereocenters. The van der Waals surface area contributed by atoms with Crippen molar-refractivity contribution >= 4 is 29.1 Å². The number of halogens is 2. The Kier molecular flexibility index (Phi) is 4.90. The van der Waals surface area contributed by atoms with Crippen LogP contribution in [0.3, 0.4) is 0 Å². The molecule has 1 saturated heterocycles. The number of benzene rings is 1. The second kappa shape index (κ2) is 6.91. The molecule has 1 fully saturated rings. The summed E-state index contributed by atoms with van der Waals surface area (Å²) >= 11 is 12.0. The van der Waals surface area contributed by atoms with Gasteiger partial charge in [-0.05, 0) is 24.1 Å². The Morgan fingerprint density at radius 2 is 2.17 bits per heavy atom. The molecule has 3 rings (SSSR count). The zero-order valence-corrected chi connectivity index (χ0v) is 14.1. The fourth-order valence-corrected chi connectivity index (χ4v) is 2.79. The Bertz CT molecular complexity index is 717. The van der Waals surface area contributed by atoms with Gasteiger partial charge in [-0.2, -0.15) is 0 Å². The second-order valence-electron chi connectivity index (χ2n) is 5.32. The van der Waals surface area contributed by atoms with Crippen LogP contribution in [0.4, 0.5) is 0 Å². The first-order valence-electron chi connectivity index (χ1n) is 7.40. The highest BCUT2D eigenvalue weighted by Crippen LogP contribution is 2.29. The first-order valence-corrected chi connectivity index (χ1v) is 8.15. The van der Waals surface area contributed by atoms with Crippen LogP contribution in [0.25, 0.3) is 0 Å². The van der Waals surface area contributed by atoms with Crippen LogP contribution < -0.4 is 0 Å². The molecule has 1 aliphatic rings. The number of nitrogens with zero attached hydrogens (tertiary/aromatic N) is 2. The lowest BCUT2D eigenvalue weighted by atomic mass is 10.1. The molecule has 0 radical (unpaired) electrons. The topological polar surface area (TPSA) is 55.6 Å². The molecule has 122 valence electrons. The maximum absolute atomic E-state index is 12.5. The fourth-order valence-electron chi connectivity index (χ4n) is 2.48. The van der Waals surface area contributed by atoms with E-state index in [-0.39, 0.29) is 17.8 Å². The van der Waals surface area contributed by atoms with Crippen LogP contribution in [-0.2, 0) is 11.2 Å². The van der Waals surface area contributed by atoms with Crippen LogP contribution in [0.5, 0.6) is 0 Å². The fraction of sp³-hybridized carbons (Fsp3) is 0.375. The van der Waals surface area contributed by atoms with Crippen molar-refractivity contribution in [3.05, 3.63) is 51.3 Å². The molecular weight excluding hydrogens is 339 g/mol. The molecular formula is C16H16Cl2N2O3. The van der Waals surface area contributed by atoms with Crippen molar-refractivity contribution in [1.82, 2.24) is 10.1 Å². The lowest BCUT2D eigenvalue weighted by molar-refractivity contribution is -0.0240. The van der Waals surface area contributed by atoms with Gasteiger partial charge in [0.15, 0.2) is 0 Å². The van der Waals surface area contributed by atoms with Crippen LogP contribution in [0.15, 0.2) is 28.8 Å². The standard InChI is InChI=1S/C16H16Cl2N2O3/c1-2-11-8-14(23-19-11)16(21)20-5-6-22-15(9-20)10-3-4-12(17)13(18)7-10/h3-4,7-8,15H,2,5-6,9H2,1H3/t15-/m1/s1. The van der Waals surface area contributed by atoms with Crippen molar-refractivity contribution in [1.29, 1.82) is 0 Å². The highest BCUT2D eigenvalue weighted by Gasteiger charge is 2.28. The number of hydrogen-bond donors (Lipinski definition) is 0. The summed E-state index contributed by atoms with van der Waals surface area (Å²) in [6.07, 6.45) is 0.488. The number of carbonyl (C=O) groups is 1. The van der Waals surface area contributed by atoms with Crippen molar-refractivity contribution in [3.63, 3.8) is 0 Å². The highest BCUT2D eigenvalue weighted by atomic mass is 35.5. The molecule has 0 aliphatic carbocycles. The third kappa shape index (κ3) is 3.52. The number of carbonyl (C=O) groups excluding carboxylic acids is 1. The summed E-state index contributed by atoms with van der Waals surface area (Å²) in [5.74, 6) is 0.0854. The lowest BCUT2D eigenvalue weighted by Crippen LogP contribution is -2.42. The van der Waals surface area contributed by atoms with E-state index < -0.39 is 0 Å². The third-order valence-corrected chi connectivity index (χ3v) is 4.54. The molecule has 5 nitrogen and oxygen atoms in total. The Balaban J connectivity index is 1.74. The van der Waals surface area contributed by atoms with Gasteiger partial charge in [0.05, 0.1) is 28.9 Å². The van der Waals surface area contributed by atoms with E-state index in [1.165, 1.54) is 0 Å². The van der Waals surface area contributed by atoms with Crippen LogP contribution in [0, 0.1) is 0 Å². The van der Waals surface area contributed by atoms with Crippen molar-refractivity contribution in [2.45, 2.75) is 19.4 Å². The molecule has 1 aliphatic heterocycles. The molecule has 2 aromatic rings. The average molecular weight is 355 g/mol. The summed E-state index contributed by atoms with van der Waals surface area (Å²) < 4.78 is 10.9. The Hall–Kier alpha value is -1.56. The van der Waals surface area contributed by atoms with E-state index in [0.717, 1.165) is 17.7 Å². The summed E-state index contributed by atoms with van der Waals surface area (Å²) in [7, 11) is 0. The SMILES string of the molecule is CCc1cc(C(=O)N2CCO[C@@H](c3ccc(Cl)c(Cl)c3)C2)on1. The van der Waals surface area contributed by atoms with Crippen molar-refractivity contribution in [2.75, 3.05) is 19.7 Å². The van der Waals surface area contributed by atoms with E-state index in [2.05, 4.69) is 5.16 Å². The second-order valence-corrected chi connectivity index (χ2v) is 6.13. The maximum atomic E-state index is 12.5. The van der Waals surface area contributed by atoms with Crippen molar-refractivity contribution in [2.24, 2.45) is 0 Å². The van der Waals surface area contributed by atoms with Gasteiger partial charge in [0.25, 0.3) is 5.91 Å². The zero-order chi connectivity index (χ0) is 16.4. The van der Waals surface area contributed by atoms with E-state index in [4.69, 9.17) is 32.5 Å². The van der Waals surface area contributed by atoms with Gasteiger partial charge in [-0.15, -0.1) is 0 Å². The van der Waals surface area contributed by atoms with Crippen LogP contribution in [0.2, 0.25) is 10.0 Å². The van der Waals surface area contributed by atoms with Crippen LogP contribution >= 0.6 is 23.2 Å². The number of morpholine rings is 1. The third-order valence-electron chi connectivity index (χ3n) is 3.80. The van der Waals surface area contributed by atoms with Gasteiger partial charge in [0.2, 0.25) is 5.76 Å². The van der Waals surface area contributed by atoms with Crippen molar-refractivity contribution in [3.8, 4) is 0 Å². The predicted molar refractivity (Wildman–Crippen MR) is 86.9 cm³/mol. The van der Waals surface area contributed by atoms with E-state index >= 15 is 0 Å². The smallest absolute Gasteiger partial charge is 0.292 e. The number of aromatic nitrogens is 1. The monoisotopic (exact) mass is 354 g/mol. The molecule has 7 heteroatoms. The Morgan fingerprint density at radius 1 is 1.35 bits per heavy atom. The largest absolute Gasteiger partial charge is 0.370 e. The van der Waals surface area contributed by atoms with E-state index in [0.29, 0.717) is 29.7 Å². The number of hydrogen-bond acceptors (Lipinski definition) is 4. The summed E-state index contributed by atoms with van der Waals surface area (Å²) in [4.78, 5) is 14.2. The van der Waals surface area contributed by atoms with Gasteiger partial charge in [-0.25, -0.2) is 0 Å². The summed E-state index contributed by atoms with van der Waals surface area (Å²) in [5, 5.41) is 4.83. The number of rotatable bonds is 3. The van der Waals surface area contributed by atoms with Crippen LogP contribution in [-0.4, -0.2) is 35.7 Å². The van der Waals surface area contributed by atoms with E-state index in [1.54, 1.807) is 23.1 Å². The number of ether oxygens (including phenoxy) is 1. The van der Waals surface area contributed by atoms with Crippen molar-refractivity contribution < 1.29 is 14.1 Å². The molecule has 1 amide bonds. The quantitative estimate of drug-likeness (QED) is 0.841. The summed E-state index contributed by atoms with van der Waals surface area (Å²) in [6, 6.07) is 7.04. The summed E-state index contributed by atoms with van der Waals surface area (Å²) in [6.45, 7) is 3.35. The minimum absolute atomic E-state index is 0.175. The van der Waals surface area contributed by atoms with Gasteiger partial charge in [-0.1, -0.05) is 41.3 Å². The highest BCUT2D eigenvalue weighted by molar-refractivity contribution is 6.42. The van der Waals surface area contributed by atoms with Gasteiger partial charge in [0, 0.05) is 12.6 Å². The molecule has 0 spiro atoms. The molecule has 1 aromatic heterocycles.